The summed E-state index contributed by atoms with van der Waals surface area (Å²) < 4.78 is 5.33. The van der Waals surface area contributed by atoms with Crippen LogP contribution in [0.15, 0.2) is 30.5 Å². The molecule has 8 heteroatoms. The minimum Gasteiger partial charge on any atom is -0.378 e. The number of pyridine rings is 1. The fraction of sp³-hybridized carbons (Fsp3) is 0.500. The monoisotopic (exact) mass is 382 g/mol. The molecule has 4 aliphatic rings. The number of allylic oxidation sites excluding steroid dienone is 2. The van der Waals surface area contributed by atoms with Crippen LogP contribution in [0.25, 0.3) is 0 Å². The second-order valence-electron chi connectivity index (χ2n) is 7.82. The summed E-state index contributed by atoms with van der Waals surface area (Å²) in [6.45, 7) is 2.69. The molecule has 2 bridgehead atoms. The number of anilines is 2. The van der Waals surface area contributed by atoms with Crippen LogP contribution in [-0.2, 0) is 19.1 Å². The van der Waals surface area contributed by atoms with Crippen molar-refractivity contribution in [3.8, 4) is 0 Å². The van der Waals surface area contributed by atoms with Gasteiger partial charge in [-0.25, -0.2) is 4.98 Å². The van der Waals surface area contributed by atoms with Gasteiger partial charge in [0.05, 0.1) is 36.9 Å². The number of aromatic nitrogens is 1. The van der Waals surface area contributed by atoms with Crippen LogP contribution in [0.3, 0.4) is 0 Å². The van der Waals surface area contributed by atoms with Gasteiger partial charge in [0.25, 0.3) is 0 Å². The van der Waals surface area contributed by atoms with Crippen molar-refractivity contribution in [2.45, 2.75) is 6.42 Å². The first-order valence-electron chi connectivity index (χ1n) is 9.74. The highest BCUT2D eigenvalue weighted by Gasteiger charge is 2.59. The van der Waals surface area contributed by atoms with Crippen molar-refractivity contribution < 1.29 is 19.1 Å². The number of carbonyl (C=O) groups is 3. The number of hydrogen-bond acceptors (Lipinski definition) is 6. The molecule has 1 N–H and O–H groups in total. The molecule has 3 amide bonds. The van der Waals surface area contributed by atoms with E-state index in [4.69, 9.17) is 4.74 Å². The van der Waals surface area contributed by atoms with Crippen LogP contribution in [0.1, 0.15) is 6.42 Å². The molecular weight excluding hydrogens is 360 g/mol. The molecule has 0 aromatic carbocycles. The van der Waals surface area contributed by atoms with Gasteiger partial charge in [-0.05, 0) is 30.4 Å². The largest absolute Gasteiger partial charge is 0.378 e. The third-order valence-electron chi connectivity index (χ3n) is 6.23. The zero-order chi connectivity index (χ0) is 19.3. The fourth-order valence-corrected chi connectivity index (χ4v) is 4.90. The summed E-state index contributed by atoms with van der Waals surface area (Å²) in [4.78, 5) is 45.4. The van der Waals surface area contributed by atoms with Crippen LogP contribution in [0.2, 0.25) is 0 Å². The number of carbonyl (C=O) groups excluding carboxylic acids is 3. The van der Waals surface area contributed by atoms with Crippen LogP contribution in [-0.4, -0.2) is 60.5 Å². The number of morpholine rings is 1. The molecule has 1 aromatic heterocycles. The Morgan fingerprint density at radius 1 is 1.11 bits per heavy atom. The topological polar surface area (TPSA) is 91.8 Å². The molecule has 3 heterocycles. The van der Waals surface area contributed by atoms with E-state index in [0.717, 1.165) is 30.2 Å². The van der Waals surface area contributed by atoms with Gasteiger partial charge in [-0.2, -0.15) is 0 Å². The zero-order valence-corrected chi connectivity index (χ0v) is 15.4. The first-order valence-corrected chi connectivity index (χ1v) is 9.74. The smallest absolute Gasteiger partial charge is 0.244 e. The summed E-state index contributed by atoms with van der Waals surface area (Å²) >= 11 is 0. The molecule has 8 nitrogen and oxygen atoms in total. The van der Waals surface area contributed by atoms with Gasteiger partial charge in [-0.3, -0.25) is 19.3 Å². The quantitative estimate of drug-likeness (QED) is 0.608. The maximum Gasteiger partial charge on any atom is 0.244 e. The number of nitrogens with one attached hydrogen (secondary N) is 1. The predicted octanol–water partition coefficient (Wildman–Crippen LogP) is 0.664. The molecule has 2 aliphatic carbocycles. The summed E-state index contributed by atoms with van der Waals surface area (Å²) in [5, 5.41) is 2.74. The summed E-state index contributed by atoms with van der Waals surface area (Å²) in [6.07, 6.45) is 6.56. The highest BCUT2D eigenvalue weighted by molar-refractivity contribution is 6.09. The molecule has 0 unspecified atom stereocenters. The van der Waals surface area contributed by atoms with Crippen molar-refractivity contribution in [2.24, 2.45) is 23.7 Å². The Labute approximate surface area is 162 Å². The summed E-state index contributed by atoms with van der Waals surface area (Å²) in [5.41, 5.74) is 0.544. The van der Waals surface area contributed by atoms with Crippen LogP contribution in [0.4, 0.5) is 11.5 Å². The van der Waals surface area contributed by atoms with Gasteiger partial charge in [-0.15, -0.1) is 0 Å². The number of amides is 3. The normalized spacial score (nSPS) is 30.9. The minimum atomic E-state index is -0.386. The number of ether oxygens (including phenoxy) is 1. The Bertz CT molecular complexity index is 816. The van der Waals surface area contributed by atoms with Gasteiger partial charge in [0.1, 0.15) is 12.4 Å². The second-order valence-corrected chi connectivity index (χ2v) is 7.82. The Balaban J connectivity index is 1.21. The predicted molar refractivity (Wildman–Crippen MR) is 100 cm³/mol. The average molecular weight is 382 g/mol. The van der Waals surface area contributed by atoms with E-state index in [-0.39, 0.29) is 47.9 Å². The van der Waals surface area contributed by atoms with Gasteiger partial charge in [0, 0.05) is 13.1 Å². The SMILES string of the molecule is O=C(CN1C(=O)[C@@H]2[C@@H](C1=O)[C@H]1C=C[C@H]2C1)Nc1ccc(N2CCOCC2)nc1. The van der Waals surface area contributed by atoms with Gasteiger partial charge in [-0.1, -0.05) is 12.2 Å². The lowest BCUT2D eigenvalue weighted by Crippen LogP contribution is -2.39. The number of hydrogen-bond donors (Lipinski definition) is 1. The van der Waals surface area contributed by atoms with Crippen molar-refractivity contribution in [3.05, 3.63) is 30.5 Å². The molecule has 28 heavy (non-hydrogen) atoms. The number of imide groups is 1. The van der Waals surface area contributed by atoms with Gasteiger partial charge in [0.2, 0.25) is 17.7 Å². The molecule has 4 atom stereocenters. The van der Waals surface area contributed by atoms with Crippen molar-refractivity contribution in [3.63, 3.8) is 0 Å². The van der Waals surface area contributed by atoms with E-state index in [2.05, 4.69) is 15.2 Å². The van der Waals surface area contributed by atoms with Crippen LogP contribution >= 0.6 is 0 Å². The van der Waals surface area contributed by atoms with E-state index in [9.17, 15) is 14.4 Å². The lowest BCUT2D eigenvalue weighted by molar-refractivity contribution is -0.143. The highest BCUT2D eigenvalue weighted by Crippen LogP contribution is 2.52. The lowest BCUT2D eigenvalue weighted by Gasteiger charge is -2.27. The highest BCUT2D eigenvalue weighted by atomic mass is 16.5. The Hall–Kier alpha value is -2.74. The van der Waals surface area contributed by atoms with E-state index in [1.54, 1.807) is 12.3 Å². The molecule has 2 aliphatic heterocycles. The van der Waals surface area contributed by atoms with E-state index < -0.39 is 0 Å². The Morgan fingerprint density at radius 2 is 1.79 bits per heavy atom. The Morgan fingerprint density at radius 3 is 2.39 bits per heavy atom. The molecule has 2 saturated heterocycles. The van der Waals surface area contributed by atoms with E-state index in [1.807, 2.05) is 18.2 Å². The average Bonchev–Trinajstić information content (AvgIpc) is 3.39. The van der Waals surface area contributed by atoms with Gasteiger partial charge in [0.15, 0.2) is 0 Å². The molecule has 146 valence electrons. The maximum absolute atomic E-state index is 12.7. The van der Waals surface area contributed by atoms with E-state index in [0.29, 0.717) is 18.9 Å². The summed E-state index contributed by atoms with van der Waals surface area (Å²) in [6, 6.07) is 3.63. The molecule has 1 saturated carbocycles. The van der Waals surface area contributed by atoms with Gasteiger partial charge < -0.3 is 15.0 Å². The summed E-state index contributed by atoms with van der Waals surface area (Å²) in [7, 11) is 0. The van der Waals surface area contributed by atoms with Gasteiger partial charge >= 0.3 is 0 Å². The number of likely N-dealkylation sites (tertiary alicyclic amines) is 1. The first-order chi connectivity index (χ1) is 13.6. The van der Waals surface area contributed by atoms with E-state index >= 15 is 0 Å². The van der Waals surface area contributed by atoms with Crippen LogP contribution in [0, 0.1) is 23.7 Å². The fourth-order valence-electron chi connectivity index (χ4n) is 4.90. The molecule has 5 rings (SSSR count). The van der Waals surface area contributed by atoms with E-state index in [1.165, 1.54) is 0 Å². The number of nitrogens with zero attached hydrogens (tertiary/aromatic N) is 3. The van der Waals surface area contributed by atoms with Crippen molar-refractivity contribution >= 4 is 29.2 Å². The zero-order valence-electron chi connectivity index (χ0n) is 15.4. The number of rotatable bonds is 4. The molecule has 0 spiro atoms. The number of fused-ring (bicyclic) bond motifs is 5. The minimum absolute atomic E-state index is 0.149. The van der Waals surface area contributed by atoms with Crippen LogP contribution < -0.4 is 10.2 Å². The third kappa shape index (κ3) is 2.79. The second kappa shape index (κ2) is 6.70. The molecule has 0 radical (unpaired) electrons. The third-order valence-corrected chi connectivity index (χ3v) is 6.23. The molecule has 1 aromatic rings. The van der Waals surface area contributed by atoms with Crippen molar-refractivity contribution in [1.29, 1.82) is 0 Å². The lowest BCUT2D eigenvalue weighted by atomic mass is 9.85. The summed E-state index contributed by atoms with van der Waals surface area (Å²) in [5.74, 6) is -0.210. The van der Waals surface area contributed by atoms with Crippen molar-refractivity contribution in [2.75, 3.05) is 43.1 Å². The maximum atomic E-state index is 12.7. The van der Waals surface area contributed by atoms with Crippen LogP contribution in [0.5, 0.6) is 0 Å². The molecule has 3 fully saturated rings. The molecular formula is C20H22N4O4. The first kappa shape index (κ1) is 17.4. The standard InChI is InChI=1S/C20H22N4O4/c25-16(22-14-3-4-15(21-10-14)23-5-7-28-8-6-23)11-24-19(26)17-12-1-2-13(9-12)18(17)20(24)27/h1-4,10,12-13,17-18H,5-9,11H2,(H,22,25)/t12-,13-,17-,18-/m0/s1. The van der Waals surface area contributed by atoms with Crippen molar-refractivity contribution in [1.82, 2.24) is 9.88 Å². The Kier molecular flexibility index (Phi) is 4.16.